The number of hydrogen-bond acceptors (Lipinski definition) is 6. The van der Waals surface area contributed by atoms with Gasteiger partial charge < -0.3 is 4.74 Å². The summed E-state index contributed by atoms with van der Waals surface area (Å²) in [5.74, 6) is -0.572. The largest absolute Gasteiger partial charge is 0.465 e. The molecule has 0 unspecified atom stereocenters. The number of carbonyl (C=O) groups is 1. The van der Waals surface area contributed by atoms with Gasteiger partial charge in [0.25, 0.3) is 0 Å². The van der Waals surface area contributed by atoms with Crippen molar-refractivity contribution in [2.75, 3.05) is 20.2 Å². The molecule has 0 radical (unpaired) electrons. The van der Waals surface area contributed by atoms with Crippen molar-refractivity contribution in [3.63, 3.8) is 0 Å². The van der Waals surface area contributed by atoms with Crippen LogP contribution in [-0.2, 0) is 24.6 Å². The van der Waals surface area contributed by atoms with Gasteiger partial charge in [0, 0.05) is 18.1 Å². The van der Waals surface area contributed by atoms with Crippen molar-refractivity contribution in [2.24, 2.45) is 0 Å². The maximum atomic E-state index is 12.6. The Kier molecular flexibility index (Phi) is 5.31. The number of nitrogens with zero attached hydrogens (tertiary/aromatic N) is 1. The van der Waals surface area contributed by atoms with E-state index in [-0.39, 0.29) is 28.4 Å². The first kappa shape index (κ1) is 19.8. The van der Waals surface area contributed by atoms with Gasteiger partial charge in [-0.15, -0.1) is 0 Å². The standard InChI is InChI=1S/C17H16ClNO6S2/c1-25-17(20)12-2-6-15(7-3-12)27(23,24)19-10-16(11-19)26(21,22)14-8-4-13(18)5-9-14/h2-9,16H,10-11H2,1H3. The van der Waals surface area contributed by atoms with E-state index in [0.29, 0.717) is 5.02 Å². The number of halogens is 1. The van der Waals surface area contributed by atoms with E-state index in [2.05, 4.69) is 4.74 Å². The highest BCUT2D eigenvalue weighted by Crippen LogP contribution is 2.29. The van der Waals surface area contributed by atoms with Crippen LogP contribution in [0.25, 0.3) is 0 Å². The zero-order valence-corrected chi connectivity index (χ0v) is 16.6. The molecule has 1 heterocycles. The maximum absolute atomic E-state index is 12.6. The van der Waals surface area contributed by atoms with E-state index in [1.165, 1.54) is 55.6 Å². The van der Waals surface area contributed by atoms with Crippen LogP contribution in [0.5, 0.6) is 0 Å². The molecule has 0 spiro atoms. The Morgan fingerprint density at radius 3 is 2.00 bits per heavy atom. The summed E-state index contributed by atoms with van der Waals surface area (Å²) >= 11 is 5.77. The number of methoxy groups -OCH3 is 1. The zero-order chi connectivity index (χ0) is 19.8. The van der Waals surface area contributed by atoms with Crippen LogP contribution in [0, 0.1) is 0 Å². The van der Waals surface area contributed by atoms with E-state index in [9.17, 15) is 21.6 Å². The number of rotatable bonds is 5. The van der Waals surface area contributed by atoms with Crippen molar-refractivity contribution in [3.8, 4) is 0 Å². The summed E-state index contributed by atoms with van der Waals surface area (Å²) in [6.45, 7) is -0.266. The van der Waals surface area contributed by atoms with Gasteiger partial charge in [0.05, 0.1) is 27.7 Å². The lowest BCUT2D eigenvalue weighted by atomic mass is 10.2. The summed E-state index contributed by atoms with van der Waals surface area (Å²) in [6.07, 6.45) is 0. The molecule has 0 atom stereocenters. The number of hydrogen-bond donors (Lipinski definition) is 0. The molecule has 144 valence electrons. The zero-order valence-electron chi connectivity index (χ0n) is 14.2. The van der Waals surface area contributed by atoms with Crippen molar-refractivity contribution >= 4 is 37.4 Å². The molecule has 0 amide bonds. The van der Waals surface area contributed by atoms with Crippen LogP contribution in [-0.4, -0.2) is 52.6 Å². The van der Waals surface area contributed by atoms with Crippen molar-refractivity contribution in [2.45, 2.75) is 15.0 Å². The predicted octanol–water partition coefficient (Wildman–Crippen LogP) is 1.97. The summed E-state index contributed by atoms with van der Waals surface area (Å²) in [5.41, 5.74) is 0.225. The van der Waals surface area contributed by atoms with E-state index in [1.807, 2.05) is 0 Å². The van der Waals surface area contributed by atoms with Gasteiger partial charge in [0.1, 0.15) is 0 Å². The quantitative estimate of drug-likeness (QED) is 0.674. The number of benzene rings is 2. The minimum Gasteiger partial charge on any atom is -0.465 e. The molecular formula is C17H16ClNO6S2. The Morgan fingerprint density at radius 2 is 1.48 bits per heavy atom. The van der Waals surface area contributed by atoms with E-state index < -0.39 is 31.1 Å². The van der Waals surface area contributed by atoms with Crippen molar-refractivity contribution in [1.82, 2.24) is 4.31 Å². The molecule has 10 heteroatoms. The van der Waals surface area contributed by atoms with E-state index in [4.69, 9.17) is 11.6 Å². The number of sulfonamides is 1. The summed E-state index contributed by atoms with van der Waals surface area (Å²) < 4.78 is 56.0. The lowest BCUT2D eigenvalue weighted by Gasteiger charge is -2.37. The van der Waals surface area contributed by atoms with Gasteiger partial charge in [0.2, 0.25) is 10.0 Å². The highest BCUT2D eigenvalue weighted by atomic mass is 35.5. The van der Waals surface area contributed by atoms with Crippen molar-refractivity contribution in [1.29, 1.82) is 0 Å². The first-order chi connectivity index (χ1) is 12.7. The first-order valence-corrected chi connectivity index (χ1v) is 11.2. The average molecular weight is 430 g/mol. The van der Waals surface area contributed by atoms with E-state index >= 15 is 0 Å². The van der Waals surface area contributed by atoms with Crippen LogP contribution in [0.3, 0.4) is 0 Å². The van der Waals surface area contributed by atoms with Gasteiger partial charge in [-0.1, -0.05) is 11.6 Å². The van der Waals surface area contributed by atoms with E-state index in [0.717, 1.165) is 4.31 Å². The maximum Gasteiger partial charge on any atom is 0.337 e. The topological polar surface area (TPSA) is 97.8 Å². The summed E-state index contributed by atoms with van der Waals surface area (Å²) in [5, 5.41) is -0.398. The van der Waals surface area contributed by atoms with Crippen LogP contribution in [0.15, 0.2) is 58.3 Å². The summed E-state index contributed by atoms with van der Waals surface area (Å²) in [4.78, 5) is 11.5. The highest BCUT2D eigenvalue weighted by molar-refractivity contribution is 7.92. The van der Waals surface area contributed by atoms with Gasteiger partial charge in [-0.25, -0.2) is 21.6 Å². The van der Waals surface area contributed by atoms with Crippen LogP contribution < -0.4 is 0 Å². The Bertz CT molecular complexity index is 1060. The second-order valence-electron chi connectivity index (χ2n) is 5.96. The van der Waals surface area contributed by atoms with Crippen molar-refractivity contribution in [3.05, 3.63) is 59.1 Å². The Balaban J connectivity index is 1.74. The number of sulfone groups is 1. The Labute approximate surface area is 162 Å². The minimum atomic E-state index is -3.84. The fourth-order valence-corrected chi connectivity index (χ4v) is 6.14. The lowest BCUT2D eigenvalue weighted by Crippen LogP contribution is -2.56. The highest BCUT2D eigenvalue weighted by Gasteiger charge is 2.44. The number of esters is 1. The fourth-order valence-electron chi connectivity index (χ4n) is 2.64. The Morgan fingerprint density at radius 1 is 0.963 bits per heavy atom. The molecule has 1 saturated heterocycles. The monoisotopic (exact) mass is 429 g/mol. The molecule has 1 aliphatic heterocycles. The molecule has 0 saturated carbocycles. The first-order valence-electron chi connectivity index (χ1n) is 7.84. The average Bonchev–Trinajstić information content (AvgIpc) is 2.59. The molecule has 0 aromatic heterocycles. The molecular weight excluding hydrogens is 414 g/mol. The van der Waals surface area contributed by atoms with Crippen LogP contribution in [0.2, 0.25) is 5.02 Å². The predicted molar refractivity (Wildman–Crippen MR) is 99.0 cm³/mol. The molecule has 3 rings (SSSR count). The van der Waals surface area contributed by atoms with Crippen LogP contribution in [0.1, 0.15) is 10.4 Å². The minimum absolute atomic E-state index is 0.0162. The second-order valence-corrected chi connectivity index (χ2v) is 10.6. The summed E-state index contributed by atoms with van der Waals surface area (Å²) in [7, 11) is -6.25. The third kappa shape index (κ3) is 3.73. The number of ether oxygens (including phenoxy) is 1. The SMILES string of the molecule is COC(=O)c1ccc(S(=O)(=O)N2CC(S(=O)(=O)c3ccc(Cl)cc3)C2)cc1. The van der Waals surface area contributed by atoms with Gasteiger partial charge in [-0.2, -0.15) is 4.31 Å². The lowest BCUT2D eigenvalue weighted by molar-refractivity contribution is 0.0600. The van der Waals surface area contributed by atoms with Gasteiger partial charge in [-0.05, 0) is 48.5 Å². The molecule has 2 aromatic carbocycles. The van der Waals surface area contributed by atoms with Crippen molar-refractivity contribution < 1.29 is 26.4 Å². The third-order valence-electron chi connectivity index (χ3n) is 4.31. The Hall–Kier alpha value is -1.94. The normalized spacial score (nSPS) is 15.9. The molecule has 1 aliphatic rings. The smallest absolute Gasteiger partial charge is 0.337 e. The molecule has 0 bridgehead atoms. The fraction of sp³-hybridized carbons (Fsp3) is 0.235. The molecule has 7 nitrogen and oxygen atoms in total. The third-order valence-corrected chi connectivity index (χ3v) is 8.51. The van der Waals surface area contributed by atoms with Crippen LogP contribution in [0.4, 0.5) is 0 Å². The van der Waals surface area contributed by atoms with Gasteiger partial charge >= 0.3 is 5.97 Å². The number of carbonyl (C=O) groups excluding carboxylic acids is 1. The van der Waals surface area contributed by atoms with Gasteiger partial charge in [-0.3, -0.25) is 0 Å². The molecule has 0 N–H and O–H groups in total. The van der Waals surface area contributed by atoms with Gasteiger partial charge in [0.15, 0.2) is 9.84 Å². The molecule has 1 fully saturated rings. The van der Waals surface area contributed by atoms with E-state index in [1.54, 1.807) is 0 Å². The molecule has 0 aliphatic carbocycles. The second kappa shape index (κ2) is 7.23. The summed E-state index contributed by atoms with van der Waals surface area (Å²) in [6, 6.07) is 11.0. The molecule has 27 heavy (non-hydrogen) atoms. The molecule has 2 aromatic rings. The van der Waals surface area contributed by atoms with Crippen LogP contribution >= 0.6 is 11.6 Å².